The largest absolute Gasteiger partial charge is 0.456 e. The summed E-state index contributed by atoms with van der Waals surface area (Å²) in [5, 5.41) is 0. The van der Waals surface area contributed by atoms with E-state index in [2.05, 4.69) is 249 Å². The number of ether oxygens (including phenoxy) is 2. The van der Waals surface area contributed by atoms with E-state index in [0.717, 1.165) is 93.3 Å². The predicted molar refractivity (Wildman–Crippen MR) is 333 cm³/mol. The van der Waals surface area contributed by atoms with Gasteiger partial charge in [-0.2, -0.15) is 0 Å². The Hall–Kier alpha value is -7.69. The van der Waals surface area contributed by atoms with Crippen molar-refractivity contribution >= 4 is 80.3 Å². The van der Waals surface area contributed by atoms with Gasteiger partial charge in [0.15, 0.2) is 0 Å². The van der Waals surface area contributed by atoms with Gasteiger partial charge in [0.2, 0.25) is 0 Å². The number of fused-ring (bicyclic) bond motifs is 10. The zero-order valence-corrected chi connectivity index (χ0v) is 47.2. The van der Waals surface area contributed by atoms with Crippen molar-refractivity contribution in [1.29, 1.82) is 0 Å². The van der Waals surface area contributed by atoms with Gasteiger partial charge in [0.25, 0.3) is 13.4 Å². The van der Waals surface area contributed by atoms with E-state index in [1.54, 1.807) is 0 Å². The van der Waals surface area contributed by atoms with E-state index in [-0.39, 0.29) is 13.4 Å². The van der Waals surface area contributed by atoms with Crippen LogP contribution >= 0.6 is 0 Å². The van der Waals surface area contributed by atoms with Gasteiger partial charge < -0.3 is 19.3 Å². The van der Waals surface area contributed by atoms with Crippen molar-refractivity contribution in [2.24, 2.45) is 0 Å². The Morgan fingerprint density at radius 2 is 0.692 bits per heavy atom. The lowest BCUT2D eigenvalue weighted by atomic mass is 9.31. The minimum Gasteiger partial charge on any atom is -0.456 e. The first-order valence-corrected chi connectivity index (χ1v) is 29.1. The van der Waals surface area contributed by atoms with E-state index in [1.807, 2.05) is 0 Å². The number of aryl methyl sites for hydroxylation is 2. The highest BCUT2D eigenvalue weighted by Crippen LogP contribution is 2.54. The van der Waals surface area contributed by atoms with Crippen LogP contribution in [0.4, 0.5) is 34.1 Å². The van der Waals surface area contributed by atoms with Gasteiger partial charge in [-0.25, -0.2) is 0 Å². The third-order valence-electron chi connectivity index (χ3n) is 18.5. The van der Waals surface area contributed by atoms with Gasteiger partial charge in [-0.05, 0) is 178 Å². The monoisotopic (exact) mass is 1020 g/mol. The van der Waals surface area contributed by atoms with Gasteiger partial charge in [0.05, 0.1) is 11.4 Å². The van der Waals surface area contributed by atoms with Crippen LogP contribution in [0.3, 0.4) is 0 Å². The third-order valence-corrected chi connectivity index (χ3v) is 18.5. The minimum atomic E-state index is -0.184. The molecule has 4 aliphatic heterocycles. The summed E-state index contributed by atoms with van der Waals surface area (Å²) in [6, 6.07) is 65.2. The van der Waals surface area contributed by atoms with E-state index in [4.69, 9.17) is 9.47 Å². The molecule has 0 spiro atoms. The van der Waals surface area contributed by atoms with Crippen LogP contribution in [0.5, 0.6) is 23.0 Å². The second-order valence-electron chi connectivity index (χ2n) is 23.2. The summed E-state index contributed by atoms with van der Waals surface area (Å²) in [4.78, 5) is 5.08. The highest BCUT2D eigenvalue weighted by molar-refractivity contribution is 7.02. The molecule has 0 N–H and O–H groups in total. The van der Waals surface area contributed by atoms with E-state index in [0.29, 0.717) is 23.7 Å². The molecule has 78 heavy (non-hydrogen) atoms. The van der Waals surface area contributed by atoms with Crippen molar-refractivity contribution in [2.75, 3.05) is 9.80 Å². The lowest BCUT2D eigenvalue weighted by Gasteiger charge is -2.47. The van der Waals surface area contributed by atoms with Gasteiger partial charge in [0.1, 0.15) is 23.0 Å². The second-order valence-corrected chi connectivity index (χ2v) is 23.2. The Labute approximate surface area is 464 Å². The van der Waals surface area contributed by atoms with Crippen LogP contribution in [0.2, 0.25) is 0 Å². The van der Waals surface area contributed by atoms with Crippen LogP contribution in [-0.4, -0.2) is 13.4 Å². The molecule has 13 rings (SSSR count). The normalized spacial score (nSPS) is 14.9. The topological polar surface area (TPSA) is 24.9 Å². The molecule has 9 aromatic rings. The molecule has 9 aromatic carbocycles. The molecule has 4 atom stereocenters. The van der Waals surface area contributed by atoms with Crippen molar-refractivity contribution in [3.8, 4) is 45.3 Å². The first-order valence-electron chi connectivity index (χ1n) is 29.1. The average molecular weight is 1020 g/mol. The van der Waals surface area contributed by atoms with Gasteiger partial charge in [0, 0.05) is 33.7 Å². The highest BCUT2D eigenvalue weighted by atomic mass is 16.5. The third kappa shape index (κ3) is 8.03. The fraction of sp³-hybridized carbons (Fsp3) is 0.250. The van der Waals surface area contributed by atoms with E-state index < -0.39 is 0 Å². The van der Waals surface area contributed by atoms with Crippen molar-refractivity contribution in [1.82, 2.24) is 0 Å². The molecular weight excluding hydrogens is 946 g/mol. The van der Waals surface area contributed by atoms with Crippen molar-refractivity contribution in [3.05, 3.63) is 203 Å². The average Bonchev–Trinajstić information content (AvgIpc) is 3.63. The number of benzene rings is 9. The summed E-state index contributed by atoms with van der Waals surface area (Å²) >= 11 is 0. The molecule has 0 amide bonds. The number of hydrogen-bond donors (Lipinski definition) is 0. The molecule has 0 radical (unpaired) electrons. The molecule has 4 unspecified atom stereocenters. The van der Waals surface area contributed by atoms with Gasteiger partial charge in [-0.3, -0.25) is 0 Å². The first kappa shape index (κ1) is 49.9. The second kappa shape index (κ2) is 19.6. The summed E-state index contributed by atoms with van der Waals surface area (Å²) in [5.74, 6) is 5.18. The molecule has 386 valence electrons. The summed E-state index contributed by atoms with van der Waals surface area (Å²) in [5.41, 5.74) is 26.4. The van der Waals surface area contributed by atoms with Crippen LogP contribution in [0.25, 0.3) is 22.3 Å². The minimum absolute atomic E-state index is 0.184. The van der Waals surface area contributed by atoms with Crippen LogP contribution in [0.1, 0.15) is 138 Å². The Kier molecular flexibility index (Phi) is 12.6. The molecular formula is C72H70B2N2O2. The van der Waals surface area contributed by atoms with E-state index in [9.17, 15) is 0 Å². The Morgan fingerprint density at radius 3 is 1.05 bits per heavy atom. The molecule has 0 saturated carbocycles. The van der Waals surface area contributed by atoms with Gasteiger partial charge in [-0.15, -0.1) is 0 Å². The lowest BCUT2D eigenvalue weighted by Crippen LogP contribution is -2.64. The number of nitrogens with zero attached hydrogens (tertiary/aromatic N) is 2. The van der Waals surface area contributed by atoms with Crippen LogP contribution in [-0.2, 0) is 0 Å². The first-order chi connectivity index (χ1) is 38.0. The number of anilines is 6. The quantitative estimate of drug-likeness (QED) is 0.114. The zero-order chi connectivity index (χ0) is 53.7. The van der Waals surface area contributed by atoms with Crippen molar-refractivity contribution in [2.45, 2.75) is 119 Å². The molecule has 0 aromatic heterocycles. The fourth-order valence-electron chi connectivity index (χ4n) is 12.9. The van der Waals surface area contributed by atoms with Gasteiger partial charge >= 0.3 is 0 Å². The maximum Gasteiger partial charge on any atom is 0.256 e. The molecule has 6 heteroatoms. The molecule has 0 saturated heterocycles. The maximum atomic E-state index is 7.86. The zero-order valence-electron chi connectivity index (χ0n) is 47.2. The molecule has 4 aliphatic rings. The molecule has 4 heterocycles. The number of hydrogen-bond acceptors (Lipinski definition) is 4. The van der Waals surface area contributed by atoms with E-state index >= 15 is 0 Å². The summed E-state index contributed by atoms with van der Waals surface area (Å²) in [6.07, 6.45) is 4.24. The maximum absolute atomic E-state index is 7.86. The standard InChI is InChI=1S/C72H70B2N2O2/c1-11-45(7)49-23-31-57(32-24-49)75-63-35-27-53(47(9)13-3)39-59(63)73-61-41-55(51-19-15-43(5)16-20-51)30-38-66(61)78-72-67(73)69(75)71-68-70(72)76(58-33-25-50(26-34-58)46(8)12-2)64-36-28-54(48(10)14-4)40-60(64)74(68)62-42-56(29-37-65(62)77-71)52-21-17-44(6)18-22-52/h15-42,45-48H,11-14H2,1-10H3. The summed E-state index contributed by atoms with van der Waals surface area (Å²) in [7, 11) is 0. The van der Waals surface area contributed by atoms with Crippen LogP contribution < -0.4 is 52.1 Å². The molecule has 0 bridgehead atoms. The van der Waals surface area contributed by atoms with Crippen molar-refractivity contribution in [3.63, 3.8) is 0 Å². The van der Waals surface area contributed by atoms with Crippen LogP contribution in [0.15, 0.2) is 170 Å². The lowest BCUT2D eigenvalue weighted by molar-refractivity contribution is 0.477. The Balaban J connectivity index is 1.17. The SMILES string of the molecule is CCC(C)c1ccc(N2c3ccc(C(C)CC)cc3B3c4cc(-c5ccc(C)cc5)ccc4Oc4c3c2c2c3c4N(c4ccc(C(C)CC)cc4)c4ccc(C(C)CC)cc4B3c3cc(-c4ccc(C)cc4)ccc3O2)cc1. The smallest absolute Gasteiger partial charge is 0.256 e. The Bertz CT molecular complexity index is 3540. The highest BCUT2D eigenvalue weighted by Gasteiger charge is 2.52. The summed E-state index contributed by atoms with van der Waals surface area (Å²) < 4.78 is 15.7. The van der Waals surface area contributed by atoms with E-state index in [1.165, 1.54) is 77.9 Å². The summed E-state index contributed by atoms with van der Waals surface area (Å²) in [6.45, 7) is 22.5. The molecule has 0 fully saturated rings. The van der Waals surface area contributed by atoms with Crippen molar-refractivity contribution < 1.29 is 9.47 Å². The van der Waals surface area contributed by atoms with Crippen LogP contribution in [0, 0.1) is 13.8 Å². The fourth-order valence-corrected chi connectivity index (χ4v) is 12.9. The number of rotatable bonds is 12. The predicted octanol–water partition coefficient (Wildman–Crippen LogP) is 16.5. The molecule has 0 aliphatic carbocycles. The van der Waals surface area contributed by atoms with Gasteiger partial charge in [-0.1, -0.05) is 188 Å². The Morgan fingerprint density at radius 1 is 0.359 bits per heavy atom. The molecule has 4 nitrogen and oxygen atoms in total.